The molecule has 0 N–H and O–H groups in total. The van der Waals surface area contributed by atoms with E-state index < -0.39 is 0 Å². The molecular formula is C21H24N2O. The molecule has 3 heteroatoms. The number of aromatic nitrogens is 1. The molecule has 1 aromatic carbocycles. The summed E-state index contributed by atoms with van der Waals surface area (Å²) in [5.74, 6) is 0. The minimum absolute atomic E-state index is 0.109. The van der Waals surface area contributed by atoms with E-state index in [4.69, 9.17) is 0 Å². The third kappa shape index (κ3) is 2.87. The molecule has 0 fully saturated rings. The molecule has 0 spiro atoms. The van der Waals surface area contributed by atoms with Gasteiger partial charge in [0.05, 0.1) is 5.69 Å². The van der Waals surface area contributed by atoms with Crippen LogP contribution in [-0.4, -0.2) is 16.0 Å². The Kier molecular flexibility index (Phi) is 4.81. The van der Waals surface area contributed by atoms with Crippen molar-refractivity contribution in [2.24, 2.45) is 0 Å². The van der Waals surface area contributed by atoms with E-state index in [0.717, 1.165) is 43.0 Å². The Bertz CT molecular complexity index is 818. The van der Waals surface area contributed by atoms with E-state index in [9.17, 15) is 4.79 Å². The molecule has 1 aliphatic rings. The Morgan fingerprint density at radius 2 is 1.92 bits per heavy atom. The van der Waals surface area contributed by atoms with Crippen LogP contribution >= 0.6 is 0 Å². The Morgan fingerprint density at radius 3 is 2.54 bits per heavy atom. The molecule has 2 aromatic rings. The first kappa shape index (κ1) is 16.5. The normalized spacial score (nSPS) is 14.2. The molecular weight excluding hydrogens is 296 g/mol. The fraction of sp³-hybridized carbons (Fsp3) is 0.286. The second kappa shape index (κ2) is 7.02. The molecule has 1 aliphatic heterocycles. The van der Waals surface area contributed by atoms with E-state index in [1.54, 1.807) is 12.2 Å². The largest absolute Gasteiger partial charge is 0.344 e. The average molecular weight is 320 g/mol. The van der Waals surface area contributed by atoms with Crippen molar-refractivity contribution >= 4 is 12.2 Å². The lowest BCUT2D eigenvalue weighted by Crippen LogP contribution is -2.37. The van der Waals surface area contributed by atoms with Crippen molar-refractivity contribution in [2.45, 2.75) is 33.0 Å². The lowest BCUT2D eigenvalue weighted by Gasteiger charge is -2.31. The summed E-state index contributed by atoms with van der Waals surface area (Å²) in [6, 6.07) is 10.4. The quantitative estimate of drug-likeness (QED) is 0.839. The highest BCUT2D eigenvalue weighted by Gasteiger charge is 2.24. The van der Waals surface area contributed by atoms with Crippen LogP contribution in [0.3, 0.4) is 0 Å². The molecule has 3 nitrogen and oxygen atoms in total. The summed E-state index contributed by atoms with van der Waals surface area (Å²) in [6.45, 7) is 13.2. The zero-order chi connectivity index (χ0) is 17.1. The molecule has 0 amide bonds. The molecule has 1 aromatic heterocycles. The van der Waals surface area contributed by atoms with Crippen LogP contribution < -0.4 is 5.43 Å². The van der Waals surface area contributed by atoms with E-state index in [-0.39, 0.29) is 5.43 Å². The summed E-state index contributed by atoms with van der Waals surface area (Å²) in [7, 11) is 0. The molecule has 0 radical (unpaired) electrons. The number of nitrogens with zero attached hydrogens (tertiary/aromatic N) is 2. The summed E-state index contributed by atoms with van der Waals surface area (Å²) in [6.07, 6.45) is 4.34. The van der Waals surface area contributed by atoms with Gasteiger partial charge in [-0.1, -0.05) is 49.6 Å². The van der Waals surface area contributed by atoms with E-state index in [1.165, 1.54) is 5.56 Å². The van der Waals surface area contributed by atoms with Crippen molar-refractivity contribution in [3.05, 3.63) is 81.8 Å². The maximum Gasteiger partial charge on any atom is 0.194 e. The Labute approximate surface area is 143 Å². The highest BCUT2D eigenvalue weighted by Crippen LogP contribution is 2.22. The van der Waals surface area contributed by atoms with Crippen molar-refractivity contribution in [3.8, 4) is 0 Å². The van der Waals surface area contributed by atoms with Crippen LogP contribution in [0.5, 0.6) is 0 Å². The van der Waals surface area contributed by atoms with Crippen molar-refractivity contribution in [2.75, 3.05) is 6.54 Å². The van der Waals surface area contributed by atoms with Gasteiger partial charge in [-0.3, -0.25) is 9.69 Å². The van der Waals surface area contributed by atoms with Crippen LogP contribution in [0.2, 0.25) is 0 Å². The summed E-state index contributed by atoms with van der Waals surface area (Å²) in [4.78, 5) is 15.3. The van der Waals surface area contributed by atoms with Gasteiger partial charge in [-0.15, -0.1) is 0 Å². The molecule has 3 rings (SSSR count). The molecule has 0 saturated heterocycles. The van der Waals surface area contributed by atoms with E-state index in [2.05, 4.69) is 53.8 Å². The predicted molar refractivity (Wildman–Crippen MR) is 101 cm³/mol. The van der Waals surface area contributed by atoms with E-state index in [1.807, 2.05) is 6.07 Å². The van der Waals surface area contributed by atoms with Gasteiger partial charge >= 0.3 is 0 Å². The molecule has 0 unspecified atom stereocenters. The van der Waals surface area contributed by atoms with Crippen molar-refractivity contribution in [3.63, 3.8) is 0 Å². The fourth-order valence-corrected chi connectivity index (χ4v) is 3.63. The zero-order valence-electron chi connectivity index (χ0n) is 14.3. The molecule has 0 saturated carbocycles. The van der Waals surface area contributed by atoms with Crippen molar-refractivity contribution in [1.29, 1.82) is 0 Å². The first-order valence-electron chi connectivity index (χ1n) is 8.49. The summed E-state index contributed by atoms with van der Waals surface area (Å²) < 4.78 is 2.22. The summed E-state index contributed by atoms with van der Waals surface area (Å²) in [5, 5.41) is 0. The van der Waals surface area contributed by atoms with Crippen LogP contribution in [0.1, 0.15) is 35.0 Å². The SMILES string of the molecule is C=Cc1c(C=C)n(CC)c2c(c1=O)CN(Cc1ccccc1)CC2. The summed E-state index contributed by atoms with van der Waals surface area (Å²) >= 11 is 0. The van der Waals surface area contributed by atoms with Crippen molar-refractivity contribution in [1.82, 2.24) is 9.47 Å². The van der Waals surface area contributed by atoms with Crippen LogP contribution in [0.4, 0.5) is 0 Å². The van der Waals surface area contributed by atoms with Gasteiger partial charge in [0.25, 0.3) is 0 Å². The van der Waals surface area contributed by atoms with Gasteiger partial charge in [0.2, 0.25) is 0 Å². The standard InChI is InChI=1S/C21H24N2O/c1-4-17-19(5-2)23(6-3)20-12-13-22(15-18(20)21(17)24)14-16-10-8-7-9-11-16/h4-5,7-11H,1-2,6,12-15H2,3H3. The van der Waals surface area contributed by atoms with Gasteiger partial charge in [0.15, 0.2) is 5.43 Å². The van der Waals surface area contributed by atoms with Crippen LogP contribution in [0, 0.1) is 0 Å². The molecule has 0 aliphatic carbocycles. The topological polar surface area (TPSA) is 25.2 Å². The Balaban J connectivity index is 2.00. The third-order valence-corrected chi connectivity index (χ3v) is 4.77. The van der Waals surface area contributed by atoms with E-state index >= 15 is 0 Å². The van der Waals surface area contributed by atoms with Gasteiger partial charge in [0, 0.05) is 49.4 Å². The zero-order valence-corrected chi connectivity index (χ0v) is 14.3. The number of rotatable bonds is 5. The smallest absolute Gasteiger partial charge is 0.194 e. The van der Waals surface area contributed by atoms with Crippen LogP contribution in [0.15, 0.2) is 48.3 Å². The first-order chi connectivity index (χ1) is 11.7. The molecule has 24 heavy (non-hydrogen) atoms. The minimum Gasteiger partial charge on any atom is -0.344 e. The van der Waals surface area contributed by atoms with Crippen LogP contribution in [0.25, 0.3) is 12.2 Å². The predicted octanol–water partition coefficient (Wildman–Crippen LogP) is 3.71. The Morgan fingerprint density at radius 1 is 1.17 bits per heavy atom. The third-order valence-electron chi connectivity index (χ3n) is 4.77. The number of benzene rings is 1. The number of pyridine rings is 1. The van der Waals surface area contributed by atoms with Crippen LogP contribution in [-0.2, 0) is 26.1 Å². The van der Waals surface area contributed by atoms with Gasteiger partial charge < -0.3 is 4.57 Å². The second-order valence-electron chi connectivity index (χ2n) is 6.15. The van der Waals surface area contributed by atoms with Gasteiger partial charge in [-0.05, 0) is 18.6 Å². The van der Waals surface area contributed by atoms with Gasteiger partial charge in [-0.25, -0.2) is 0 Å². The summed E-state index contributed by atoms with van der Waals surface area (Å²) in [5.41, 5.74) is 5.03. The minimum atomic E-state index is 0.109. The lowest BCUT2D eigenvalue weighted by molar-refractivity contribution is 0.239. The van der Waals surface area contributed by atoms with Crippen molar-refractivity contribution < 1.29 is 0 Å². The lowest BCUT2D eigenvalue weighted by atomic mass is 9.98. The maximum absolute atomic E-state index is 12.9. The number of fused-ring (bicyclic) bond motifs is 1. The molecule has 0 atom stereocenters. The average Bonchev–Trinajstić information content (AvgIpc) is 2.62. The monoisotopic (exact) mass is 320 g/mol. The second-order valence-corrected chi connectivity index (χ2v) is 6.15. The highest BCUT2D eigenvalue weighted by molar-refractivity contribution is 5.62. The molecule has 2 heterocycles. The number of hydrogen-bond donors (Lipinski definition) is 0. The Hall–Kier alpha value is -2.39. The van der Waals surface area contributed by atoms with Gasteiger partial charge in [0.1, 0.15) is 0 Å². The fourth-order valence-electron chi connectivity index (χ4n) is 3.63. The molecule has 0 bridgehead atoms. The molecule has 124 valence electrons. The van der Waals surface area contributed by atoms with E-state index in [0.29, 0.717) is 12.1 Å². The van der Waals surface area contributed by atoms with Gasteiger partial charge in [-0.2, -0.15) is 0 Å². The highest BCUT2D eigenvalue weighted by atomic mass is 16.1. The maximum atomic E-state index is 12.9. The number of hydrogen-bond acceptors (Lipinski definition) is 2. The first-order valence-corrected chi connectivity index (χ1v) is 8.49.